The Morgan fingerprint density at radius 2 is 1.78 bits per heavy atom. The third-order valence-corrected chi connectivity index (χ3v) is 7.57. The number of ether oxygens (including phenoxy) is 2. The highest BCUT2D eigenvalue weighted by atomic mass is 35.5. The van der Waals surface area contributed by atoms with Crippen LogP contribution in [-0.2, 0) is 0 Å². The van der Waals surface area contributed by atoms with Crippen molar-refractivity contribution in [3.63, 3.8) is 0 Å². The van der Waals surface area contributed by atoms with E-state index in [9.17, 15) is 0 Å². The largest absolute Gasteiger partial charge is 0.497 e. The molecule has 0 spiro atoms. The first-order valence-corrected chi connectivity index (χ1v) is 13.1. The molecule has 2 aromatic heterocycles. The Hall–Kier alpha value is -3.94. The quantitative estimate of drug-likeness (QED) is 0.231. The highest BCUT2D eigenvalue weighted by Gasteiger charge is 2.34. The zero-order valence-electron chi connectivity index (χ0n) is 20.3. The Morgan fingerprint density at radius 1 is 0.919 bits per heavy atom. The topological polar surface area (TPSA) is 59.8 Å². The molecule has 0 aliphatic carbocycles. The SMILES string of the molecule is COc1ccc(C2CC(c3cccs3)=NN2c2nc(-c3ccccc3)c3cc(Cl)ccc3n2)c(OC)c1. The summed E-state index contributed by atoms with van der Waals surface area (Å²) in [5.74, 6) is 1.98. The van der Waals surface area contributed by atoms with E-state index in [0.717, 1.165) is 49.8 Å². The molecule has 0 saturated heterocycles. The maximum absolute atomic E-state index is 6.37. The van der Waals surface area contributed by atoms with Gasteiger partial charge in [0.15, 0.2) is 0 Å². The molecule has 8 heteroatoms. The summed E-state index contributed by atoms with van der Waals surface area (Å²) in [5, 5.41) is 10.6. The number of nitrogens with zero attached hydrogens (tertiary/aromatic N) is 4. The van der Waals surface area contributed by atoms with Gasteiger partial charge in [-0.3, -0.25) is 0 Å². The predicted molar refractivity (Wildman–Crippen MR) is 150 cm³/mol. The lowest BCUT2D eigenvalue weighted by Crippen LogP contribution is -2.21. The summed E-state index contributed by atoms with van der Waals surface area (Å²) in [6.45, 7) is 0. The van der Waals surface area contributed by atoms with Gasteiger partial charge in [0, 0.05) is 34.0 Å². The van der Waals surface area contributed by atoms with Crippen molar-refractivity contribution in [1.29, 1.82) is 0 Å². The Labute approximate surface area is 223 Å². The van der Waals surface area contributed by atoms with Crippen LogP contribution in [0.4, 0.5) is 5.95 Å². The van der Waals surface area contributed by atoms with Crippen molar-refractivity contribution in [2.24, 2.45) is 5.10 Å². The summed E-state index contributed by atoms with van der Waals surface area (Å²) in [6, 6.07) is 25.6. The van der Waals surface area contributed by atoms with Crippen LogP contribution in [0.5, 0.6) is 11.5 Å². The number of aromatic nitrogens is 2. The monoisotopic (exact) mass is 526 g/mol. The molecule has 0 saturated carbocycles. The van der Waals surface area contributed by atoms with Crippen molar-refractivity contribution < 1.29 is 9.47 Å². The van der Waals surface area contributed by atoms with Crippen molar-refractivity contribution in [2.75, 3.05) is 19.2 Å². The molecule has 3 heterocycles. The number of hydrogen-bond acceptors (Lipinski definition) is 7. The minimum absolute atomic E-state index is 0.161. The molecular weight excluding hydrogens is 504 g/mol. The molecule has 0 N–H and O–H groups in total. The molecule has 1 atom stereocenters. The normalized spacial score (nSPS) is 15.2. The number of thiophene rings is 1. The van der Waals surface area contributed by atoms with E-state index in [1.807, 2.05) is 77.8 Å². The number of benzene rings is 3. The third-order valence-electron chi connectivity index (χ3n) is 6.41. The van der Waals surface area contributed by atoms with E-state index in [4.69, 9.17) is 36.1 Å². The van der Waals surface area contributed by atoms with E-state index < -0.39 is 0 Å². The average Bonchev–Trinajstić information content (AvgIpc) is 3.63. The molecule has 37 heavy (non-hydrogen) atoms. The summed E-state index contributed by atoms with van der Waals surface area (Å²) in [7, 11) is 3.32. The van der Waals surface area contributed by atoms with E-state index in [1.165, 1.54) is 0 Å². The molecule has 0 fully saturated rings. The number of anilines is 1. The van der Waals surface area contributed by atoms with Crippen molar-refractivity contribution in [1.82, 2.24) is 9.97 Å². The molecule has 3 aromatic carbocycles. The van der Waals surface area contributed by atoms with Gasteiger partial charge >= 0.3 is 0 Å². The summed E-state index contributed by atoms with van der Waals surface area (Å²) in [4.78, 5) is 11.1. The molecular formula is C29H23ClN4O2S. The Morgan fingerprint density at radius 3 is 2.54 bits per heavy atom. The Kier molecular flexibility index (Phi) is 6.24. The van der Waals surface area contributed by atoms with E-state index in [2.05, 4.69) is 11.4 Å². The molecule has 1 unspecified atom stereocenters. The van der Waals surface area contributed by atoms with Crippen LogP contribution < -0.4 is 14.5 Å². The van der Waals surface area contributed by atoms with Crippen molar-refractivity contribution in [3.8, 4) is 22.8 Å². The fourth-order valence-corrected chi connectivity index (χ4v) is 5.52. The molecule has 1 aliphatic heterocycles. The number of rotatable bonds is 6. The van der Waals surface area contributed by atoms with Gasteiger partial charge in [0.25, 0.3) is 0 Å². The van der Waals surface area contributed by atoms with Crippen LogP contribution in [0, 0.1) is 0 Å². The van der Waals surface area contributed by atoms with Gasteiger partial charge < -0.3 is 9.47 Å². The van der Waals surface area contributed by atoms with Gasteiger partial charge in [-0.2, -0.15) is 5.10 Å². The lowest BCUT2D eigenvalue weighted by Gasteiger charge is -2.24. The van der Waals surface area contributed by atoms with E-state index in [1.54, 1.807) is 25.6 Å². The molecule has 5 aromatic rings. The van der Waals surface area contributed by atoms with Crippen LogP contribution in [-0.4, -0.2) is 29.9 Å². The minimum Gasteiger partial charge on any atom is -0.497 e. The number of methoxy groups -OCH3 is 2. The molecule has 1 aliphatic rings. The minimum atomic E-state index is -0.161. The highest BCUT2D eigenvalue weighted by Crippen LogP contribution is 2.42. The van der Waals surface area contributed by atoms with Crippen LogP contribution in [0.3, 0.4) is 0 Å². The van der Waals surface area contributed by atoms with E-state index >= 15 is 0 Å². The second-order valence-electron chi connectivity index (χ2n) is 8.60. The van der Waals surface area contributed by atoms with Gasteiger partial charge in [0.2, 0.25) is 5.95 Å². The highest BCUT2D eigenvalue weighted by molar-refractivity contribution is 7.12. The van der Waals surface area contributed by atoms with E-state index in [0.29, 0.717) is 17.4 Å². The van der Waals surface area contributed by atoms with Crippen molar-refractivity contribution in [2.45, 2.75) is 12.5 Å². The fraction of sp³-hybridized carbons (Fsp3) is 0.138. The fourth-order valence-electron chi connectivity index (χ4n) is 4.63. The van der Waals surface area contributed by atoms with Crippen LogP contribution in [0.15, 0.2) is 89.3 Å². The average molecular weight is 527 g/mol. The van der Waals surface area contributed by atoms with Crippen molar-refractivity contribution >= 4 is 45.5 Å². The molecule has 6 nitrogen and oxygen atoms in total. The lowest BCUT2D eigenvalue weighted by atomic mass is 10.00. The van der Waals surface area contributed by atoms with Crippen LogP contribution in [0.1, 0.15) is 22.9 Å². The Balaban J connectivity index is 1.55. The standard InChI is InChI=1S/C29H23ClN4O2S/c1-35-20-11-12-21(26(16-20)36-2)25-17-24(27-9-6-14-37-27)33-34(25)29-31-23-13-10-19(30)15-22(23)28(32-29)18-7-4-3-5-8-18/h3-16,25H,17H2,1-2H3. The second kappa shape index (κ2) is 9.84. The first-order valence-electron chi connectivity index (χ1n) is 11.8. The second-order valence-corrected chi connectivity index (χ2v) is 9.98. The van der Waals surface area contributed by atoms with Gasteiger partial charge in [0.05, 0.1) is 42.1 Å². The zero-order valence-corrected chi connectivity index (χ0v) is 21.8. The molecule has 6 rings (SSSR count). The maximum atomic E-state index is 6.37. The van der Waals surface area contributed by atoms with Crippen LogP contribution >= 0.6 is 22.9 Å². The zero-order chi connectivity index (χ0) is 25.4. The maximum Gasteiger partial charge on any atom is 0.247 e. The molecule has 0 bridgehead atoms. The van der Waals surface area contributed by atoms with Gasteiger partial charge in [0.1, 0.15) is 11.5 Å². The number of fused-ring (bicyclic) bond motifs is 1. The Bertz CT molecular complexity index is 1610. The predicted octanol–water partition coefficient (Wildman–Crippen LogP) is 7.38. The summed E-state index contributed by atoms with van der Waals surface area (Å²) in [6.07, 6.45) is 0.686. The first kappa shape index (κ1) is 23.5. The number of hydrogen-bond donors (Lipinski definition) is 0. The van der Waals surface area contributed by atoms with Crippen molar-refractivity contribution in [3.05, 3.63) is 99.7 Å². The van der Waals surface area contributed by atoms with Gasteiger partial charge in [-0.15, -0.1) is 11.3 Å². The van der Waals surface area contributed by atoms with E-state index in [-0.39, 0.29) is 6.04 Å². The van der Waals surface area contributed by atoms with Crippen LogP contribution in [0.2, 0.25) is 5.02 Å². The first-order chi connectivity index (χ1) is 18.1. The third kappa shape index (κ3) is 4.41. The number of halogens is 1. The summed E-state index contributed by atoms with van der Waals surface area (Å²) >= 11 is 8.04. The molecule has 0 amide bonds. The molecule has 0 radical (unpaired) electrons. The van der Waals surface area contributed by atoms with Gasteiger partial charge in [-0.25, -0.2) is 15.0 Å². The summed E-state index contributed by atoms with van der Waals surface area (Å²) < 4.78 is 11.2. The van der Waals surface area contributed by atoms with Gasteiger partial charge in [-0.05, 0) is 41.8 Å². The van der Waals surface area contributed by atoms with Crippen LogP contribution in [0.25, 0.3) is 22.2 Å². The summed E-state index contributed by atoms with van der Waals surface area (Å²) in [5.41, 5.74) is 4.56. The van der Waals surface area contributed by atoms with Gasteiger partial charge in [-0.1, -0.05) is 48.0 Å². The smallest absolute Gasteiger partial charge is 0.247 e. The lowest BCUT2D eigenvalue weighted by molar-refractivity contribution is 0.388. The molecule has 184 valence electrons. The number of hydrazone groups is 1.